The van der Waals surface area contributed by atoms with Crippen LogP contribution in [-0.4, -0.2) is 39.9 Å². The molecule has 2 aromatic rings. The second-order valence-electron chi connectivity index (χ2n) is 5.58. The topological polar surface area (TPSA) is 58.1 Å². The van der Waals surface area contributed by atoms with Gasteiger partial charge in [0.05, 0.1) is 5.69 Å². The molecule has 1 aliphatic heterocycles. The number of rotatable bonds is 4. The molecule has 1 aromatic heterocycles. The van der Waals surface area contributed by atoms with Crippen LogP contribution in [0.25, 0.3) is 0 Å². The zero-order chi connectivity index (χ0) is 16.2. The summed E-state index contributed by atoms with van der Waals surface area (Å²) in [5, 5.41) is 3.10. The van der Waals surface area contributed by atoms with Crippen molar-refractivity contribution in [1.82, 2.24) is 14.9 Å². The molecule has 1 fully saturated rings. The van der Waals surface area contributed by atoms with Gasteiger partial charge in [-0.3, -0.25) is 4.79 Å². The second kappa shape index (κ2) is 6.73. The van der Waals surface area contributed by atoms with Gasteiger partial charge in [0, 0.05) is 24.7 Å². The van der Waals surface area contributed by atoms with Gasteiger partial charge in [0.15, 0.2) is 11.6 Å². The van der Waals surface area contributed by atoms with Gasteiger partial charge in [0.25, 0.3) is 5.91 Å². The Morgan fingerprint density at radius 2 is 2.13 bits per heavy atom. The Bertz CT molecular complexity index is 692. The Balaban J connectivity index is 1.66. The molecule has 0 radical (unpaired) electrons. The standard InChI is InChI=1S/C17H19FN4O/c1-2-14-15(18)16(20-11-19-14)21-13-8-9-22(10-13)17(23)12-6-4-3-5-7-12/h3-7,11,13H,2,8-10H2,1H3,(H,19,20,21). The molecule has 1 amide bonds. The van der Waals surface area contributed by atoms with Crippen LogP contribution in [0, 0.1) is 5.82 Å². The maximum Gasteiger partial charge on any atom is 0.253 e. The number of carbonyl (C=O) groups excluding carboxylic acids is 1. The summed E-state index contributed by atoms with van der Waals surface area (Å²) < 4.78 is 14.2. The molecule has 1 unspecified atom stereocenters. The molecule has 3 rings (SSSR count). The minimum Gasteiger partial charge on any atom is -0.363 e. The number of anilines is 1. The van der Waals surface area contributed by atoms with Gasteiger partial charge in [-0.2, -0.15) is 0 Å². The number of hydrogen-bond donors (Lipinski definition) is 1. The van der Waals surface area contributed by atoms with Crippen LogP contribution in [0.15, 0.2) is 36.7 Å². The van der Waals surface area contributed by atoms with Crippen LogP contribution in [0.5, 0.6) is 0 Å². The van der Waals surface area contributed by atoms with Gasteiger partial charge in [-0.1, -0.05) is 25.1 Å². The number of likely N-dealkylation sites (tertiary alicyclic amines) is 1. The lowest BCUT2D eigenvalue weighted by Gasteiger charge is -2.18. The van der Waals surface area contributed by atoms with E-state index in [9.17, 15) is 9.18 Å². The van der Waals surface area contributed by atoms with Crippen molar-refractivity contribution in [1.29, 1.82) is 0 Å². The smallest absolute Gasteiger partial charge is 0.253 e. The van der Waals surface area contributed by atoms with Gasteiger partial charge in [-0.25, -0.2) is 14.4 Å². The van der Waals surface area contributed by atoms with Crippen LogP contribution in [-0.2, 0) is 6.42 Å². The summed E-state index contributed by atoms with van der Waals surface area (Å²) in [6.45, 7) is 3.04. The van der Waals surface area contributed by atoms with E-state index in [-0.39, 0.29) is 17.8 Å². The zero-order valence-electron chi connectivity index (χ0n) is 13.0. The summed E-state index contributed by atoms with van der Waals surface area (Å²) in [4.78, 5) is 22.1. The number of hydrogen-bond acceptors (Lipinski definition) is 4. The Labute approximate surface area is 134 Å². The van der Waals surface area contributed by atoms with E-state index in [2.05, 4.69) is 15.3 Å². The first-order valence-corrected chi connectivity index (χ1v) is 7.79. The lowest BCUT2D eigenvalue weighted by atomic mass is 10.2. The molecule has 1 aromatic carbocycles. The maximum absolute atomic E-state index is 14.2. The molecule has 1 aliphatic rings. The molecule has 0 aliphatic carbocycles. The quantitative estimate of drug-likeness (QED) is 0.942. The van der Waals surface area contributed by atoms with Crippen LogP contribution in [0.1, 0.15) is 29.4 Å². The maximum atomic E-state index is 14.2. The largest absolute Gasteiger partial charge is 0.363 e. The van der Waals surface area contributed by atoms with E-state index in [1.54, 1.807) is 17.0 Å². The molecule has 1 atom stereocenters. The van der Waals surface area contributed by atoms with Gasteiger partial charge >= 0.3 is 0 Å². The summed E-state index contributed by atoms with van der Waals surface area (Å²) in [5.74, 6) is -0.175. The van der Waals surface area contributed by atoms with E-state index in [4.69, 9.17) is 0 Å². The molecule has 1 saturated heterocycles. The second-order valence-corrected chi connectivity index (χ2v) is 5.58. The highest BCUT2D eigenvalue weighted by molar-refractivity contribution is 5.94. The molecule has 6 heteroatoms. The minimum atomic E-state index is -0.400. The lowest BCUT2D eigenvalue weighted by Crippen LogP contribution is -2.31. The van der Waals surface area contributed by atoms with E-state index in [0.29, 0.717) is 30.8 Å². The predicted octanol–water partition coefficient (Wildman–Crippen LogP) is 2.50. The monoisotopic (exact) mass is 314 g/mol. The van der Waals surface area contributed by atoms with Crippen LogP contribution < -0.4 is 5.32 Å². The fourth-order valence-electron chi connectivity index (χ4n) is 2.77. The normalized spacial score (nSPS) is 17.3. The molecule has 0 saturated carbocycles. The first-order valence-electron chi connectivity index (χ1n) is 7.79. The van der Waals surface area contributed by atoms with Crippen LogP contribution >= 0.6 is 0 Å². The fourth-order valence-corrected chi connectivity index (χ4v) is 2.77. The highest BCUT2D eigenvalue weighted by Crippen LogP contribution is 2.19. The first-order chi connectivity index (χ1) is 11.2. The third-order valence-electron chi connectivity index (χ3n) is 4.03. The van der Waals surface area contributed by atoms with Crippen molar-refractivity contribution in [3.05, 3.63) is 53.7 Å². The van der Waals surface area contributed by atoms with Gasteiger partial charge in [-0.05, 0) is 25.0 Å². The first kappa shape index (κ1) is 15.4. The van der Waals surface area contributed by atoms with Gasteiger partial charge < -0.3 is 10.2 Å². The summed E-state index contributed by atoms with van der Waals surface area (Å²) in [7, 11) is 0. The number of benzene rings is 1. The van der Waals surface area contributed by atoms with E-state index in [1.165, 1.54) is 6.33 Å². The molecule has 5 nitrogen and oxygen atoms in total. The average molecular weight is 314 g/mol. The Morgan fingerprint density at radius 1 is 1.35 bits per heavy atom. The van der Waals surface area contributed by atoms with Gasteiger partial charge in [0.1, 0.15) is 6.33 Å². The van der Waals surface area contributed by atoms with Crippen molar-refractivity contribution in [2.45, 2.75) is 25.8 Å². The van der Waals surface area contributed by atoms with Crippen molar-refractivity contribution in [2.75, 3.05) is 18.4 Å². The van der Waals surface area contributed by atoms with E-state index in [1.807, 2.05) is 25.1 Å². The number of nitrogens with one attached hydrogen (secondary N) is 1. The summed E-state index contributed by atoms with van der Waals surface area (Å²) in [5.41, 5.74) is 1.08. The Kier molecular flexibility index (Phi) is 4.50. The molecule has 120 valence electrons. The summed E-state index contributed by atoms with van der Waals surface area (Å²) >= 11 is 0. The van der Waals surface area contributed by atoms with Crippen molar-refractivity contribution in [3.63, 3.8) is 0 Å². The molecule has 0 spiro atoms. The van der Waals surface area contributed by atoms with Crippen molar-refractivity contribution >= 4 is 11.7 Å². The molecular weight excluding hydrogens is 295 g/mol. The predicted molar refractivity (Wildman–Crippen MR) is 85.7 cm³/mol. The van der Waals surface area contributed by atoms with Crippen molar-refractivity contribution in [3.8, 4) is 0 Å². The number of nitrogens with zero attached hydrogens (tertiary/aromatic N) is 3. The molecule has 23 heavy (non-hydrogen) atoms. The third-order valence-corrected chi connectivity index (χ3v) is 4.03. The minimum absolute atomic E-state index is 0.00299. The number of carbonyl (C=O) groups is 1. The average Bonchev–Trinajstić information content (AvgIpc) is 3.05. The third kappa shape index (κ3) is 3.31. The van der Waals surface area contributed by atoms with Crippen molar-refractivity contribution in [2.24, 2.45) is 0 Å². The number of aromatic nitrogens is 2. The number of halogens is 1. The highest BCUT2D eigenvalue weighted by Gasteiger charge is 2.27. The Morgan fingerprint density at radius 3 is 2.87 bits per heavy atom. The molecular formula is C17H19FN4O. The zero-order valence-corrected chi connectivity index (χ0v) is 13.0. The van der Waals surface area contributed by atoms with Crippen LogP contribution in [0.2, 0.25) is 0 Å². The van der Waals surface area contributed by atoms with E-state index in [0.717, 1.165) is 6.42 Å². The van der Waals surface area contributed by atoms with Crippen LogP contribution in [0.4, 0.5) is 10.2 Å². The Hall–Kier alpha value is -2.50. The number of aryl methyl sites for hydroxylation is 1. The molecule has 2 heterocycles. The molecule has 1 N–H and O–H groups in total. The van der Waals surface area contributed by atoms with Gasteiger partial charge in [0.2, 0.25) is 0 Å². The lowest BCUT2D eigenvalue weighted by molar-refractivity contribution is 0.0791. The highest BCUT2D eigenvalue weighted by atomic mass is 19.1. The fraction of sp³-hybridized carbons (Fsp3) is 0.353. The SMILES string of the molecule is CCc1ncnc(NC2CCN(C(=O)c3ccccc3)C2)c1F. The van der Waals surface area contributed by atoms with Crippen LogP contribution in [0.3, 0.4) is 0 Å². The van der Waals surface area contributed by atoms with Crippen molar-refractivity contribution < 1.29 is 9.18 Å². The summed E-state index contributed by atoms with van der Waals surface area (Å²) in [6, 6.07) is 9.19. The summed E-state index contributed by atoms with van der Waals surface area (Å²) in [6.07, 6.45) is 2.65. The van der Waals surface area contributed by atoms with Gasteiger partial charge in [-0.15, -0.1) is 0 Å². The van der Waals surface area contributed by atoms with E-state index >= 15 is 0 Å². The van der Waals surface area contributed by atoms with E-state index < -0.39 is 5.82 Å². The molecule has 0 bridgehead atoms. The number of amides is 1.